The molecule has 0 fully saturated rings. The Balaban J connectivity index is 1.89. The van der Waals surface area contributed by atoms with Gasteiger partial charge < -0.3 is 9.63 Å². The van der Waals surface area contributed by atoms with Gasteiger partial charge in [-0.25, -0.2) is 22.6 Å². The summed E-state index contributed by atoms with van der Waals surface area (Å²) in [6, 6.07) is 0. The van der Waals surface area contributed by atoms with Crippen LogP contribution < -0.4 is 16.9 Å². The summed E-state index contributed by atoms with van der Waals surface area (Å²) in [4.78, 5) is 54.0. The fraction of sp³-hybridized carbons (Fsp3) is 0.848. The number of sulfone groups is 1. The van der Waals surface area contributed by atoms with Gasteiger partial charge in [0.15, 0.2) is 15.4 Å². The van der Waals surface area contributed by atoms with Gasteiger partial charge >= 0.3 is 19.1 Å². The van der Waals surface area contributed by atoms with Crippen LogP contribution in [0.1, 0.15) is 149 Å². The molecule has 0 amide bonds. The number of hydrogen-bond donors (Lipinski definition) is 4. The van der Waals surface area contributed by atoms with Gasteiger partial charge in [0, 0.05) is 6.61 Å². The van der Waals surface area contributed by atoms with Gasteiger partial charge in [-0.15, -0.1) is 0 Å². The summed E-state index contributed by atoms with van der Waals surface area (Å²) >= 11 is 0. The van der Waals surface area contributed by atoms with Crippen molar-refractivity contribution < 1.29 is 27.1 Å². The molecule has 2 aromatic heterocycles. The number of unbranched alkanes of at least 4 members (excludes halogenated alkanes) is 19. The lowest BCUT2D eigenvalue weighted by molar-refractivity contribution is 0.0283. The van der Waals surface area contributed by atoms with Gasteiger partial charge in [-0.3, -0.25) is 24.3 Å². The van der Waals surface area contributed by atoms with Crippen LogP contribution in [0.3, 0.4) is 0 Å². The zero-order valence-corrected chi connectivity index (χ0v) is 31.0. The number of rotatable bonds is 30. The van der Waals surface area contributed by atoms with Gasteiger partial charge in [-0.1, -0.05) is 136 Å². The van der Waals surface area contributed by atoms with Crippen molar-refractivity contribution >= 4 is 28.7 Å². The third-order valence-corrected chi connectivity index (χ3v) is 11.7. The molecule has 0 bridgehead atoms. The van der Waals surface area contributed by atoms with Crippen molar-refractivity contribution in [1.82, 2.24) is 19.3 Å². The number of ether oxygens (including phenoxy) is 1. The predicted molar refractivity (Wildman–Crippen MR) is 192 cm³/mol. The van der Waals surface area contributed by atoms with E-state index in [0.29, 0.717) is 12.8 Å². The molecule has 13 nitrogen and oxygen atoms in total. The van der Waals surface area contributed by atoms with E-state index < -0.39 is 58.5 Å². The van der Waals surface area contributed by atoms with Crippen molar-refractivity contribution in [3.05, 3.63) is 31.3 Å². The highest BCUT2D eigenvalue weighted by Gasteiger charge is 2.31. The topological polar surface area (TPSA) is 193 Å². The van der Waals surface area contributed by atoms with Gasteiger partial charge in [0.25, 0.3) is 5.56 Å². The van der Waals surface area contributed by atoms with Crippen LogP contribution in [0.25, 0.3) is 11.2 Å². The van der Waals surface area contributed by atoms with Crippen LogP contribution in [0.2, 0.25) is 0 Å². The molecule has 0 spiro atoms. The Labute approximate surface area is 285 Å². The summed E-state index contributed by atoms with van der Waals surface area (Å²) in [6.07, 6.45) is 22.3. The first-order chi connectivity index (χ1) is 23.0. The Morgan fingerprint density at radius 1 is 0.708 bits per heavy atom. The average Bonchev–Trinajstić information content (AvgIpc) is 3.41. The summed E-state index contributed by atoms with van der Waals surface area (Å²) in [6.45, 7) is 4.02. The van der Waals surface area contributed by atoms with Crippen molar-refractivity contribution in [2.75, 3.05) is 24.7 Å². The lowest BCUT2D eigenvalue weighted by Gasteiger charge is -2.20. The van der Waals surface area contributed by atoms with E-state index in [0.717, 1.165) is 44.9 Å². The first kappa shape index (κ1) is 42.2. The van der Waals surface area contributed by atoms with Gasteiger partial charge in [0.1, 0.15) is 5.65 Å². The van der Waals surface area contributed by atoms with E-state index in [1.54, 1.807) is 0 Å². The van der Waals surface area contributed by atoms with Crippen molar-refractivity contribution in [1.29, 1.82) is 0 Å². The highest BCUT2D eigenvalue weighted by atomic mass is 32.2. The largest absolute Gasteiger partial charge is 0.443 e. The number of H-pyrrole nitrogens is 3. The molecule has 4 N–H and O–H groups in total. The van der Waals surface area contributed by atoms with Crippen LogP contribution in [0, 0.1) is 0 Å². The Morgan fingerprint density at radius 2 is 1.19 bits per heavy atom. The Kier molecular flexibility index (Phi) is 20.6. The third-order valence-electron chi connectivity index (χ3n) is 8.59. The molecule has 2 heterocycles. The van der Waals surface area contributed by atoms with Crippen molar-refractivity contribution in [2.45, 2.75) is 155 Å². The number of aromatic amines is 3. The SMILES string of the molecule is CCCCCCCCCCCCCCS(=O)(=O)CC(COP(=O)(O)n1c(=O)[nH]c2[nH]c(=O)[nH]c2c1=O)OCCCCCCCCCCC. The lowest BCUT2D eigenvalue weighted by atomic mass is 10.1. The molecule has 48 heavy (non-hydrogen) atoms. The summed E-state index contributed by atoms with van der Waals surface area (Å²) in [7, 11) is -8.69. The van der Waals surface area contributed by atoms with E-state index in [1.165, 1.54) is 77.0 Å². The summed E-state index contributed by atoms with van der Waals surface area (Å²) in [5.41, 5.74) is -3.91. The maximum atomic E-state index is 13.1. The van der Waals surface area contributed by atoms with Gasteiger partial charge in [-0.05, 0) is 12.8 Å². The molecule has 2 unspecified atom stereocenters. The number of nitrogens with one attached hydrogen (secondary N) is 3. The van der Waals surface area contributed by atoms with E-state index in [4.69, 9.17) is 9.26 Å². The number of nitrogens with zero attached hydrogens (tertiary/aromatic N) is 1. The fourth-order valence-corrected chi connectivity index (χ4v) is 8.45. The van der Waals surface area contributed by atoms with E-state index in [1.807, 2.05) is 0 Å². The molecule has 2 atom stereocenters. The molecule has 2 rings (SSSR count). The molecular weight excluding hydrogens is 659 g/mol. The standard InChI is InChI=1S/C33H61N4O9PS/c1-3-5-7-9-11-13-14-15-17-19-21-23-25-48(43,44)27-28(45-24-22-20-18-16-12-10-8-6-4-2)26-46-47(41,42)37-31(38)29-30(36-33(37)40)35-32(39)34-29/h28H,3-27H2,1-2H3,(H,36,40)(H,41,42)(H2,34,35,39). The Bertz CT molecular complexity index is 1500. The molecule has 0 saturated heterocycles. The second-order valence-corrected chi connectivity index (χ2v) is 16.9. The minimum Gasteiger partial charge on any atom is -0.375 e. The molecule has 15 heteroatoms. The molecule has 0 aromatic carbocycles. The van der Waals surface area contributed by atoms with Gasteiger partial charge in [0.05, 0.1) is 24.2 Å². The highest BCUT2D eigenvalue weighted by Crippen LogP contribution is 2.41. The minimum atomic E-state index is -5.10. The molecule has 0 radical (unpaired) electrons. The highest BCUT2D eigenvalue weighted by molar-refractivity contribution is 7.91. The normalized spacial score (nSPS) is 14.1. The smallest absolute Gasteiger partial charge is 0.375 e. The van der Waals surface area contributed by atoms with Crippen LogP contribution in [0.4, 0.5) is 0 Å². The Hall–Kier alpha value is -1.99. The van der Waals surface area contributed by atoms with Crippen molar-refractivity contribution in [3.8, 4) is 0 Å². The molecule has 278 valence electrons. The molecule has 0 aliphatic carbocycles. The monoisotopic (exact) mass is 720 g/mol. The van der Waals surface area contributed by atoms with Crippen LogP contribution >= 0.6 is 7.75 Å². The molecule has 0 aliphatic rings. The summed E-state index contributed by atoms with van der Waals surface area (Å²) < 4.78 is 50.2. The zero-order chi connectivity index (χ0) is 35.3. The van der Waals surface area contributed by atoms with Crippen LogP contribution in [0.15, 0.2) is 14.4 Å². The zero-order valence-electron chi connectivity index (χ0n) is 29.3. The summed E-state index contributed by atoms with van der Waals surface area (Å²) in [5.74, 6) is -0.451. The number of imidazole rings is 1. The van der Waals surface area contributed by atoms with Crippen LogP contribution in [0.5, 0.6) is 0 Å². The maximum absolute atomic E-state index is 13.1. The second-order valence-electron chi connectivity index (χ2n) is 13.0. The van der Waals surface area contributed by atoms with Gasteiger partial charge in [0.2, 0.25) is 0 Å². The van der Waals surface area contributed by atoms with Gasteiger partial charge in [-0.2, -0.15) is 4.34 Å². The third kappa shape index (κ3) is 16.6. The maximum Gasteiger partial charge on any atom is 0.443 e. The van der Waals surface area contributed by atoms with E-state index in [9.17, 15) is 32.3 Å². The number of hydrogen-bond acceptors (Lipinski definition) is 8. The molecule has 0 aliphatic heterocycles. The predicted octanol–water partition coefficient (Wildman–Crippen LogP) is 6.70. The average molecular weight is 721 g/mol. The molecule has 0 saturated carbocycles. The lowest BCUT2D eigenvalue weighted by Crippen LogP contribution is -2.36. The number of aromatic nitrogens is 4. The fourth-order valence-electron chi connectivity index (χ4n) is 5.80. The molecular formula is C33H61N4O9PS. The van der Waals surface area contributed by atoms with Crippen LogP contribution in [-0.2, 0) is 23.7 Å². The van der Waals surface area contributed by atoms with Crippen LogP contribution in [-0.4, -0.2) is 63.4 Å². The minimum absolute atomic E-state index is 0.00233. The first-order valence-electron chi connectivity index (χ1n) is 18.3. The Morgan fingerprint density at radius 3 is 1.71 bits per heavy atom. The van der Waals surface area contributed by atoms with Crippen molar-refractivity contribution in [3.63, 3.8) is 0 Å². The quantitative estimate of drug-likeness (QED) is 0.0502. The first-order valence-corrected chi connectivity index (χ1v) is 21.6. The molecule has 2 aromatic rings. The van der Waals surface area contributed by atoms with E-state index in [-0.39, 0.29) is 22.3 Å². The van der Waals surface area contributed by atoms with E-state index in [2.05, 4.69) is 28.8 Å². The van der Waals surface area contributed by atoms with E-state index >= 15 is 0 Å². The second kappa shape index (κ2) is 23.4. The summed E-state index contributed by atoms with van der Waals surface area (Å²) in [5, 5.41) is 0. The number of fused-ring (bicyclic) bond motifs is 1. The van der Waals surface area contributed by atoms with Crippen molar-refractivity contribution in [2.24, 2.45) is 0 Å².